The van der Waals surface area contributed by atoms with Crippen molar-refractivity contribution in [3.05, 3.63) is 28.2 Å². The van der Waals surface area contributed by atoms with Crippen molar-refractivity contribution in [2.45, 2.75) is 0 Å². The van der Waals surface area contributed by atoms with Crippen LogP contribution in [0, 0.1) is 4.24 Å². The highest BCUT2D eigenvalue weighted by Crippen LogP contribution is 2.03. The highest BCUT2D eigenvalue weighted by atomic mass is 32.1. The number of rotatable bonds is 0. The summed E-state index contributed by atoms with van der Waals surface area (Å²) in [5.41, 5.74) is 0. The van der Waals surface area contributed by atoms with Gasteiger partial charge in [0.05, 0.1) is 4.24 Å². The number of hydrogen-bond donors (Lipinski definition) is 0. The van der Waals surface area contributed by atoms with Crippen molar-refractivity contribution < 1.29 is 0 Å². The van der Waals surface area contributed by atoms with Crippen LogP contribution in [0.5, 0.6) is 0 Å². The first-order valence-corrected chi connectivity index (χ1v) is 3.52. The van der Waals surface area contributed by atoms with Crippen LogP contribution >= 0.6 is 20.4 Å². The summed E-state index contributed by atoms with van der Waals surface area (Å²) in [7, 11) is 0.740. The van der Waals surface area contributed by atoms with Gasteiger partial charge in [-0.05, 0) is 11.9 Å². The molecule has 0 saturated heterocycles. The van der Waals surface area contributed by atoms with E-state index in [4.69, 9.17) is 12.2 Å². The lowest BCUT2D eigenvalue weighted by atomic mass is 10.6. The third-order valence-electron chi connectivity index (χ3n) is 0.681. The summed E-state index contributed by atoms with van der Waals surface area (Å²) in [4.78, 5) is 0. The molecular formula is C5H5PS. The zero-order valence-corrected chi connectivity index (χ0v) is 5.53. The van der Waals surface area contributed by atoms with Crippen molar-refractivity contribution >= 4 is 20.4 Å². The minimum absolute atomic E-state index is 0.740. The SMILES string of the molecule is S=c1cccc[pH]1. The predicted molar refractivity (Wildman–Crippen MR) is 36.8 cm³/mol. The van der Waals surface area contributed by atoms with Gasteiger partial charge in [-0.15, -0.1) is 8.19 Å². The largest absolute Gasteiger partial charge is 0.121 e. The summed E-state index contributed by atoms with van der Waals surface area (Å²) >= 11 is 4.88. The van der Waals surface area contributed by atoms with Gasteiger partial charge < -0.3 is 0 Å². The van der Waals surface area contributed by atoms with E-state index in [1.165, 1.54) is 0 Å². The molecule has 0 aromatic carbocycles. The fraction of sp³-hybridized carbons (Fsp3) is 0. The second-order valence-corrected chi connectivity index (χ2v) is 3.19. The third kappa shape index (κ3) is 1.42. The van der Waals surface area contributed by atoms with E-state index in [1.54, 1.807) is 0 Å². The Morgan fingerprint density at radius 1 is 1.43 bits per heavy atom. The molecule has 36 valence electrons. The molecule has 1 unspecified atom stereocenters. The zero-order valence-electron chi connectivity index (χ0n) is 3.72. The Bertz CT molecular complexity index is 174. The smallest absolute Gasteiger partial charge is 0.0537 e. The van der Waals surface area contributed by atoms with Crippen molar-refractivity contribution in [1.29, 1.82) is 0 Å². The number of hydrogen-bond acceptors (Lipinski definition) is 1. The zero-order chi connectivity index (χ0) is 5.11. The maximum Gasteiger partial charge on any atom is 0.0537 e. The Hall–Kier alpha value is -0.130. The summed E-state index contributed by atoms with van der Waals surface area (Å²) in [5.74, 6) is 2.09. The van der Waals surface area contributed by atoms with Crippen LogP contribution in [0.3, 0.4) is 0 Å². The Labute approximate surface area is 49.3 Å². The molecule has 0 aliphatic rings. The second-order valence-electron chi connectivity index (χ2n) is 1.23. The average molecular weight is 128 g/mol. The van der Waals surface area contributed by atoms with Crippen molar-refractivity contribution in [2.24, 2.45) is 0 Å². The summed E-state index contributed by atoms with van der Waals surface area (Å²) in [6.45, 7) is 0. The van der Waals surface area contributed by atoms with E-state index >= 15 is 0 Å². The van der Waals surface area contributed by atoms with Gasteiger partial charge in [0.1, 0.15) is 0 Å². The lowest BCUT2D eigenvalue weighted by Gasteiger charge is -1.73. The lowest BCUT2D eigenvalue weighted by molar-refractivity contribution is 1.86. The third-order valence-corrected chi connectivity index (χ3v) is 1.98. The molecule has 0 fully saturated rings. The average Bonchev–Trinajstić information content (AvgIpc) is 1.69. The van der Waals surface area contributed by atoms with Gasteiger partial charge in [0.15, 0.2) is 0 Å². The molecular weight excluding hydrogens is 123 g/mol. The van der Waals surface area contributed by atoms with Crippen LogP contribution in [0.4, 0.5) is 0 Å². The molecule has 0 amide bonds. The standard InChI is InChI=1S/C5H5PS/c7-5-3-1-2-4-6-5/h1-4,6H. The molecule has 1 atom stereocenters. The minimum Gasteiger partial charge on any atom is -0.121 e. The summed E-state index contributed by atoms with van der Waals surface area (Å²) < 4.78 is 1.06. The molecule has 0 N–H and O–H groups in total. The maximum absolute atomic E-state index is 4.88. The van der Waals surface area contributed by atoms with Crippen LogP contribution in [0.15, 0.2) is 24.0 Å². The molecule has 1 aromatic rings. The fourth-order valence-electron chi connectivity index (χ4n) is 0.377. The predicted octanol–water partition coefficient (Wildman–Crippen LogP) is 2.45. The van der Waals surface area contributed by atoms with Gasteiger partial charge in [-0.2, -0.15) is 0 Å². The molecule has 0 saturated carbocycles. The quantitative estimate of drug-likeness (QED) is 0.483. The van der Waals surface area contributed by atoms with Gasteiger partial charge in [-0.25, -0.2) is 0 Å². The van der Waals surface area contributed by atoms with Crippen LogP contribution in [-0.4, -0.2) is 0 Å². The van der Waals surface area contributed by atoms with E-state index in [9.17, 15) is 0 Å². The molecule has 0 aliphatic carbocycles. The van der Waals surface area contributed by atoms with Gasteiger partial charge in [0.2, 0.25) is 0 Å². The van der Waals surface area contributed by atoms with Crippen LogP contribution in [0.1, 0.15) is 0 Å². The summed E-state index contributed by atoms with van der Waals surface area (Å²) in [5, 5.41) is 0. The first-order chi connectivity index (χ1) is 3.39. The van der Waals surface area contributed by atoms with Crippen LogP contribution < -0.4 is 0 Å². The molecule has 0 spiro atoms. The van der Waals surface area contributed by atoms with Gasteiger partial charge in [-0.1, -0.05) is 24.4 Å². The summed E-state index contributed by atoms with van der Waals surface area (Å²) in [6, 6.07) is 5.96. The van der Waals surface area contributed by atoms with Crippen molar-refractivity contribution in [2.75, 3.05) is 0 Å². The van der Waals surface area contributed by atoms with Gasteiger partial charge in [0, 0.05) is 0 Å². The molecule has 2 heteroatoms. The normalized spacial score (nSPS) is 9.71. The van der Waals surface area contributed by atoms with Gasteiger partial charge in [-0.3, -0.25) is 0 Å². The molecule has 0 nitrogen and oxygen atoms in total. The lowest BCUT2D eigenvalue weighted by Crippen LogP contribution is -1.45. The molecule has 1 rings (SSSR count). The maximum atomic E-state index is 4.88. The van der Waals surface area contributed by atoms with E-state index in [1.807, 2.05) is 18.2 Å². The molecule has 0 radical (unpaired) electrons. The monoisotopic (exact) mass is 128 g/mol. The molecule has 0 bridgehead atoms. The van der Waals surface area contributed by atoms with Crippen molar-refractivity contribution in [3.63, 3.8) is 0 Å². The Kier molecular flexibility index (Phi) is 1.61. The minimum atomic E-state index is 0.740. The Morgan fingerprint density at radius 3 is 2.57 bits per heavy atom. The molecule has 7 heavy (non-hydrogen) atoms. The van der Waals surface area contributed by atoms with Crippen molar-refractivity contribution in [1.82, 2.24) is 0 Å². The Morgan fingerprint density at radius 2 is 2.29 bits per heavy atom. The first-order valence-electron chi connectivity index (χ1n) is 2.03. The molecule has 1 aromatic heterocycles. The Balaban J connectivity index is 3.28. The van der Waals surface area contributed by atoms with Crippen LogP contribution in [-0.2, 0) is 0 Å². The first kappa shape index (κ1) is 5.02. The van der Waals surface area contributed by atoms with Gasteiger partial charge in [0.25, 0.3) is 0 Å². The van der Waals surface area contributed by atoms with Crippen LogP contribution in [0.2, 0.25) is 0 Å². The van der Waals surface area contributed by atoms with Gasteiger partial charge >= 0.3 is 0 Å². The second kappa shape index (κ2) is 2.25. The highest BCUT2D eigenvalue weighted by molar-refractivity contribution is 7.74. The van der Waals surface area contributed by atoms with E-state index in [0.29, 0.717) is 0 Å². The fourth-order valence-corrected chi connectivity index (χ4v) is 1.22. The van der Waals surface area contributed by atoms with E-state index in [-0.39, 0.29) is 0 Å². The topological polar surface area (TPSA) is 0 Å². The van der Waals surface area contributed by atoms with Crippen molar-refractivity contribution in [3.8, 4) is 0 Å². The molecule has 1 heterocycles. The summed E-state index contributed by atoms with van der Waals surface area (Å²) in [6.07, 6.45) is 0. The van der Waals surface area contributed by atoms with E-state index in [0.717, 1.165) is 12.4 Å². The van der Waals surface area contributed by atoms with E-state index < -0.39 is 0 Å². The molecule has 0 aliphatic heterocycles. The van der Waals surface area contributed by atoms with Crippen LogP contribution in [0.25, 0.3) is 0 Å². The van der Waals surface area contributed by atoms with E-state index in [2.05, 4.69) is 5.80 Å². The highest BCUT2D eigenvalue weighted by Gasteiger charge is 1.66.